The van der Waals surface area contributed by atoms with Gasteiger partial charge in [-0.3, -0.25) is 0 Å². The van der Waals surface area contributed by atoms with E-state index in [0.29, 0.717) is 0 Å². The first-order valence-electron chi connectivity index (χ1n) is 1.55. The van der Waals surface area contributed by atoms with Gasteiger partial charge in [0.15, 0.2) is 0 Å². The maximum Gasteiger partial charge on any atom is 6.00 e. The van der Waals surface area contributed by atoms with Gasteiger partial charge in [-0.05, 0) is 0 Å². The first-order chi connectivity index (χ1) is 6.41. The normalized spacial score (nSPS) is 1.21. The van der Waals surface area contributed by atoms with E-state index in [1.807, 2.05) is 0 Å². The van der Waals surface area contributed by atoms with Gasteiger partial charge in [0.25, 0.3) is 0 Å². The maximum atomic E-state index is 7.13. The minimum Gasteiger partial charge on any atom is -0.696 e. The van der Waals surface area contributed by atoms with Gasteiger partial charge in [-0.2, -0.15) is 0 Å². The molecule has 0 aliphatic heterocycles. The summed E-state index contributed by atoms with van der Waals surface area (Å²) in [6.07, 6.45) is 0. The third-order valence-corrected chi connectivity index (χ3v) is 0. The zero-order chi connectivity index (χ0) is 12.7. The number of rotatable bonds is 0. The molecule has 0 aliphatic carbocycles. The monoisotopic (exact) mass is 244 g/mol. The molecule has 8 heteroatoms. The Hall–Kier alpha value is -2.32. The van der Waals surface area contributed by atoms with Gasteiger partial charge in [0.05, 0.1) is 0 Å². The van der Waals surface area contributed by atoms with Crippen LogP contribution in [0.3, 0.4) is 0 Å². The Kier molecular flexibility index (Phi) is 2490. The van der Waals surface area contributed by atoms with Crippen molar-refractivity contribution in [2.75, 3.05) is 0 Å². The van der Waals surface area contributed by atoms with Crippen LogP contribution in [0, 0.1) is 69.8 Å². The van der Waals surface area contributed by atoms with E-state index in [1.165, 1.54) is 5.40 Å². The first-order valence-corrected chi connectivity index (χ1v) is 1.95. The van der Waals surface area contributed by atoms with E-state index in [-0.39, 0.29) is 17.1 Å². The van der Waals surface area contributed by atoms with Crippen LogP contribution in [0.15, 0.2) is 0 Å². The van der Waals surface area contributed by atoms with E-state index < -0.39 is 0 Å². The van der Waals surface area contributed by atoms with Crippen molar-refractivity contribution in [3.05, 3.63) is 32.9 Å². The van der Waals surface area contributed by atoms with E-state index in [4.69, 9.17) is 64.4 Å². The van der Waals surface area contributed by atoms with Crippen LogP contribution in [0.1, 0.15) is 0 Å². The molecule has 0 unspecified atom stereocenters. The van der Waals surface area contributed by atoms with Crippen molar-refractivity contribution >= 4 is 12.6 Å². The van der Waals surface area contributed by atoms with Crippen LogP contribution >= 0.6 is 0 Å². The van der Waals surface area contributed by atoms with Gasteiger partial charge in [-0.25, -0.2) is 5.26 Å². The third kappa shape index (κ3) is 135. The largest absolute Gasteiger partial charge is 6.00 e. The summed E-state index contributed by atoms with van der Waals surface area (Å²) in [5.74, 6) is 0. The van der Waals surface area contributed by atoms with Crippen LogP contribution in [0.4, 0.5) is 0 Å². The van der Waals surface area contributed by atoms with Gasteiger partial charge in [0.1, 0.15) is 0 Å². The Morgan fingerprint density at radius 3 is 0.643 bits per heavy atom. The summed E-state index contributed by atoms with van der Waals surface area (Å²) in [7, 11) is 0. The van der Waals surface area contributed by atoms with E-state index in [1.54, 1.807) is 0 Å². The van der Waals surface area contributed by atoms with Crippen LogP contribution in [0.2, 0.25) is 0 Å². The molecule has 0 bridgehead atoms. The van der Waals surface area contributed by atoms with Crippen molar-refractivity contribution in [3.63, 3.8) is 0 Å². The minimum absolute atomic E-state index is 0. The molecule has 0 heterocycles. The Labute approximate surface area is 99.7 Å². The van der Waals surface area contributed by atoms with Crippen LogP contribution in [0.25, 0.3) is 0 Å². The zero-order valence-electron chi connectivity index (χ0n) is 6.45. The second-order valence-electron chi connectivity index (χ2n) is 0.0913. The summed E-state index contributed by atoms with van der Waals surface area (Å²) in [5, 5.41) is 39.7. The molecule has 14 heavy (non-hydrogen) atoms. The second kappa shape index (κ2) is 574. The molecule has 0 aliphatic rings. The zero-order valence-corrected chi connectivity index (χ0v) is 8.37. The van der Waals surface area contributed by atoms with Crippen molar-refractivity contribution in [1.82, 2.24) is 0 Å². The standard InChI is InChI=1S/CHNS.5CN.Fe/c2-1-3;5*1-2;/h3H;;;;;;/q;5*-1;+6/p-1. The minimum atomic E-state index is 0. The number of nitriles is 1. The molecule has 0 spiro atoms. The maximum absolute atomic E-state index is 7.13. The quantitative estimate of drug-likeness (QED) is 0.261. The van der Waals surface area contributed by atoms with Gasteiger partial charge in [0.2, 0.25) is 0 Å². The Bertz CT molecular complexity index is 139. The molecule has 6 nitrogen and oxygen atoms in total. The Morgan fingerprint density at radius 2 is 0.643 bits per heavy atom. The Morgan fingerprint density at radius 1 is 0.643 bits per heavy atom. The van der Waals surface area contributed by atoms with E-state index in [9.17, 15) is 0 Å². The van der Waals surface area contributed by atoms with Gasteiger partial charge in [-0.1, -0.05) is 5.40 Å². The molecule has 0 aromatic carbocycles. The van der Waals surface area contributed by atoms with Crippen LogP contribution < -0.4 is 0 Å². The van der Waals surface area contributed by atoms with Crippen molar-refractivity contribution < 1.29 is 17.1 Å². The van der Waals surface area contributed by atoms with E-state index >= 15 is 0 Å². The predicted molar refractivity (Wildman–Crippen MR) is 37.8 cm³/mol. The molecule has 0 aromatic heterocycles. The molecule has 0 amide bonds. The summed E-state index contributed by atoms with van der Waals surface area (Å²) < 4.78 is 0. The van der Waals surface area contributed by atoms with Gasteiger partial charge in [-0.15, -0.1) is 0 Å². The summed E-state index contributed by atoms with van der Waals surface area (Å²) in [6, 6.07) is 0. The molecule has 0 rings (SSSR count). The summed E-state index contributed by atoms with van der Waals surface area (Å²) in [4.78, 5) is 0. The average molecular weight is 244 g/mol. The first kappa shape index (κ1) is 60.8. The molecule has 0 atom stereocenters. The summed E-state index contributed by atoms with van der Waals surface area (Å²) in [6.45, 7) is 23.8. The van der Waals surface area contributed by atoms with Crippen LogP contribution in [-0.4, -0.2) is 0 Å². The molecule has 0 aromatic rings. The third-order valence-electron chi connectivity index (χ3n) is 0. The van der Waals surface area contributed by atoms with E-state index in [2.05, 4.69) is 12.6 Å². The number of nitrogens with zero attached hydrogens (tertiary/aromatic N) is 6. The average Bonchev–Trinajstić information content (AvgIpc) is 2.32. The molecule has 68 valence electrons. The molecule has 0 fully saturated rings. The predicted octanol–water partition coefficient (Wildman–Crippen LogP) is 0.494. The molecule has 0 saturated heterocycles. The Balaban J connectivity index is -0.00000000838. The van der Waals surface area contributed by atoms with Crippen LogP contribution in [0.5, 0.6) is 0 Å². The van der Waals surface area contributed by atoms with Gasteiger partial charge < -0.3 is 71.8 Å². The smallest absolute Gasteiger partial charge is 0.696 e. The number of hydrogen-bond donors (Lipinski definition) is 0. The van der Waals surface area contributed by atoms with Crippen LogP contribution in [-0.2, 0) is 29.7 Å². The van der Waals surface area contributed by atoms with Crippen molar-refractivity contribution in [2.24, 2.45) is 0 Å². The van der Waals surface area contributed by atoms with Crippen molar-refractivity contribution in [2.45, 2.75) is 0 Å². The second-order valence-corrected chi connectivity index (χ2v) is 0.274. The fourth-order valence-electron chi connectivity index (χ4n) is 0. The summed E-state index contributed by atoms with van der Waals surface area (Å²) >= 11 is 3.70. The summed E-state index contributed by atoms with van der Waals surface area (Å²) in [5.41, 5.74) is 0. The van der Waals surface area contributed by atoms with E-state index in [0.717, 1.165) is 0 Å². The fraction of sp³-hybridized carbons (Fsp3) is 0. The molecule has 0 N–H and O–H groups in total. The number of thiocyanates is 1. The number of hydrogen-bond acceptors (Lipinski definition) is 7. The topological polar surface area (TPSA) is 143 Å². The van der Waals surface area contributed by atoms with Crippen molar-refractivity contribution in [3.8, 4) is 5.40 Å². The molecule has 0 saturated carbocycles. The fourth-order valence-corrected chi connectivity index (χ4v) is 0. The van der Waals surface area contributed by atoms with Gasteiger partial charge in [0, 0.05) is 0 Å². The SMILES string of the molecule is N#C[S-].[C-]#N.[C-]#N.[C-]#N.[C-]#N.[C-]#N.[Fe+6]. The molecule has 0 radical (unpaired) electrons. The van der Waals surface area contributed by atoms with Gasteiger partial charge >= 0.3 is 17.1 Å². The van der Waals surface area contributed by atoms with Crippen molar-refractivity contribution in [1.29, 1.82) is 31.6 Å². The molecular formula is C6FeN6S. The molecular weight excluding hydrogens is 244 g/mol.